The van der Waals surface area contributed by atoms with Crippen molar-refractivity contribution in [3.05, 3.63) is 34.3 Å². The Morgan fingerprint density at radius 2 is 2.25 bits per heavy atom. The van der Waals surface area contributed by atoms with E-state index in [0.29, 0.717) is 22.0 Å². The molecule has 2 nitrogen and oxygen atoms in total. The van der Waals surface area contributed by atoms with E-state index in [1.54, 1.807) is 18.2 Å². The van der Waals surface area contributed by atoms with Crippen LogP contribution in [0.3, 0.4) is 0 Å². The van der Waals surface area contributed by atoms with Crippen molar-refractivity contribution in [2.75, 3.05) is 6.54 Å². The maximum atomic E-state index is 11.8. The van der Waals surface area contributed by atoms with Crippen molar-refractivity contribution in [3.8, 4) is 0 Å². The third-order valence-electron chi connectivity index (χ3n) is 2.44. The average Bonchev–Trinajstić information content (AvgIpc) is 2.29. The molecule has 0 fully saturated rings. The molecule has 0 saturated heterocycles. The molecular formula is C12H15BrClNO. The molecule has 88 valence electrons. The molecule has 1 rings (SSSR count). The number of hydrogen-bond acceptors (Lipinski definition) is 1. The van der Waals surface area contributed by atoms with E-state index >= 15 is 0 Å². The number of benzene rings is 1. The Labute approximate surface area is 110 Å². The molecule has 0 bridgehead atoms. The van der Waals surface area contributed by atoms with Crippen molar-refractivity contribution in [1.82, 2.24) is 5.32 Å². The predicted octanol–water partition coefficient (Wildman–Crippen LogP) is 3.55. The number of nitrogens with one attached hydrogen (secondary N) is 1. The number of hydrogen-bond donors (Lipinski definition) is 1. The summed E-state index contributed by atoms with van der Waals surface area (Å²) < 4.78 is 0. The summed E-state index contributed by atoms with van der Waals surface area (Å²) in [5.41, 5.74) is 1.47. The normalized spacial score (nSPS) is 12.2. The summed E-state index contributed by atoms with van der Waals surface area (Å²) in [5.74, 6) is -0.0714. The average molecular weight is 305 g/mol. The van der Waals surface area contributed by atoms with Crippen LogP contribution in [-0.4, -0.2) is 17.3 Å². The quantitative estimate of drug-likeness (QED) is 0.847. The molecule has 1 atom stereocenters. The highest BCUT2D eigenvalue weighted by molar-refractivity contribution is 9.09. The minimum Gasteiger partial charge on any atom is -0.351 e. The van der Waals surface area contributed by atoms with Gasteiger partial charge in [-0.3, -0.25) is 4.79 Å². The minimum atomic E-state index is -0.0714. The molecule has 0 heterocycles. The molecule has 1 aromatic rings. The van der Waals surface area contributed by atoms with E-state index in [1.165, 1.54) is 0 Å². The fourth-order valence-corrected chi connectivity index (χ4v) is 1.63. The van der Waals surface area contributed by atoms with E-state index in [2.05, 4.69) is 28.2 Å². The third-order valence-corrected chi connectivity index (χ3v) is 3.82. The highest BCUT2D eigenvalue weighted by atomic mass is 79.9. The molecule has 0 spiro atoms. The first kappa shape index (κ1) is 13.5. The van der Waals surface area contributed by atoms with Gasteiger partial charge in [0.25, 0.3) is 5.91 Å². The van der Waals surface area contributed by atoms with Crippen LogP contribution in [0.4, 0.5) is 0 Å². The Morgan fingerprint density at radius 3 is 2.88 bits per heavy atom. The standard InChI is InChI=1S/C12H15BrClNO/c1-3-9(13)7-15-12(16)10-5-4-6-11(14)8(10)2/h4-6,9H,3,7H2,1-2H3,(H,15,16). The zero-order valence-electron chi connectivity index (χ0n) is 9.39. The second-order valence-corrected chi connectivity index (χ2v) is 5.33. The van der Waals surface area contributed by atoms with Gasteiger partial charge in [0.05, 0.1) is 0 Å². The first-order valence-electron chi connectivity index (χ1n) is 5.23. The largest absolute Gasteiger partial charge is 0.351 e. The van der Waals surface area contributed by atoms with Crippen molar-refractivity contribution < 1.29 is 4.79 Å². The van der Waals surface area contributed by atoms with Gasteiger partial charge < -0.3 is 5.32 Å². The second-order valence-electron chi connectivity index (χ2n) is 3.63. The van der Waals surface area contributed by atoms with Crippen molar-refractivity contribution in [3.63, 3.8) is 0 Å². The lowest BCUT2D eigenvalue weighted by atomic mass is 10.1. The van der Waals surface area contributed by atoms with Crippen LogP contribution < -0.4 is 5.32 Å². The van der Waals surface area contributed by atoms with Gasteiger partial charge >= 0.3 is 0 Å². The van der Waals surface area contributed by atoms with Crippen molar-refractivity contribution in [1.29, 1.82) is 0 Å². The van der Waals surface area contributed by atoms with Crippen LogP contribution in [0.1, 0.15) is 29.3 Å². The summed E-state index contributed by atoms with van der Waals surface area (Å²) in [6, 6.07) is 5.36. The van der Waals surface area contributed by atoms with Gasteiger partial charge in [0, 0.05) is 22.0 Å². The first-order valence-corrected chi connectivity index (χ1v) is 6.53. The molecule has 0 radical (unpaired) electrons. The lowest BCUT2D eigenvalue weighted by molar-refractivity contribution is 0.0953. The number of alkyl halides is 1. The van der Waals surface area contributed by atoms with Crippen LogP contribution in [0.15, 0.2) is 18.2 Å². The van der Waals surface area contributed by atoms with Crippen LogP contribution in [0.2, 0.25) is 5.02 Å². The highest BCUT2D eigenvalue weighted by Crippen LogP contribution is 2.18. The summed E-state index contributed by atoms with van der Waals surface area (Å²) >= 11 is 9.43. The zero-order chi connectivity index (χ0) is 12.1. The topological polar surface area (TPSA) is 29.1 Å². The monoisotopic (exact) mass is 303 g/mol. The summed E-state index contributed by atoms with van der Waals surface area (Å²) in [6.07, 6.45) is 0.981. The molecule has 0 aliphatic carbocycles. The molecule has 1 aromatic carbocycles. The third kappa shape index (κ3) is 3.49. The van der Waals surface area contributed by atoms with Crippen molar-refractivity contribution in [2.45, 2.75) is 25.1 Å². The number of halogens is 2. The Balaban J connectivity index is 2.70. The van der Waals surface area contributed by atoms with E-state index in [-0.39, 0.29) is 5.91 Å². The van der Waals surface area contributed by atoms with Gasteiger partial charge in [-0.15, -0.1) is 0 Å². The molecule has 1 amide bonds. The molecular weight excluding hydrogens is 289 g/mol. The smallest absolute Gasteiger partial charge is 0.251 e. The number of carbonyl (C=O) groups excluding carboxylic acids is 1. The number of amides is 1. The number of carbonyl (C=O) groups is 1. The van der Waals surface area contributed by atoms with E-state index in [1.807, 2.05) is 6.92 Å². The highest BCUT2D eigenvalue weighted by Gasteiger charge is 2.11. The molecule has 1 unspecified atom stereocenters. The Morgan fingerprint density at radius 1 is 1.56 bits per heavy atom. The summed E-state index contributed by atoms with van der Waals surface area (Å²) in [5, 5.41) is 3.50. The van der Waals surface area contributed by atoms with Gasteiger partial charge in [0.1, 0.15) is 0 Å². The van der Waals surface area contributed by atoms with Gasteiger partial charge in [-0.1, -0.05) is 40.5 Å². The number of rotatable bonds is 4. The summed E-state index contributed by atoms with van der Waals surface area (Å²) in [4.78, 5) is 12.2. The zero-order valence-corrected chi connectivity index (χ0v) is 11.7. The summed E-state index contributed by atoms with van der Waals surface area (Å²) in [7, 11) is 0. The molecule has 4 heteroatoms. The fraction of sp³-hybridized carbons (Fsp3) is 0.417. The van der Waals surface area contributed by atoms with Crippen LogP contribution >= 0.6 is 27.5 Å². The molecule has 1 N–H and O–H groups in total. The van der Waals surface area contributed by atoms with Gasteiger partial charge in [0.2, 0.25) is 0 Å². The Kier molecular flexibility index (Phi) is 5.29. The molecule has 16 heavy (non-hydrogen) atoms. The van der Waals surface area contributed by atoms with Gasteiger partial charge in [-0.2, -0.15) is 0 Å². The lowest BCUT2D eigenvalue weighted by Crippen LogP contribution is -2.29. The maximum Gasteiger partial charge on any atom is 0.251 e. The van der Waals surface area contributed by atoms with E-state index in [0.717, 1.165) is 12.0 Å². The second kappa shape index (κ2) is 6.26. The van der Waals surface area contributed by atoms with Crippen LogP contribution in [-0.2, 0) is 0 Å². The van der Waals surface area contributed by atoms with Crippen LogP contribution in [0.25, 0.3) is 0 Å². The summed E-state index contributed by atoms with van der Waals surface area (Å²) in [6.45, 7) is 4.54. The van der Waals surface area contributed by atoms with Crippen molar-refractivity contribution in [2.24, 2.45) is 0 Å². The Bertz CT molecular complexity index is 381. The van der Waals surface area contributed by atoms with Gasteiger partial charge in [0.15, 0.2) is 0 Å². The Hall–Kier alpha value is -0.540. The molecule has 0 aliphatic heterocycles. The van der Waals surface area contributed by atoms with E-state index < -0.39 is 0 Å². The fourth-order valence-electron chi connectivity index (χ4n) is 1.30. The van der Waals surface area contributed by atoms with Crippen molar-refractivity contribution >= 4 is 33.4 Å². The SMILES string of the molecule is CCC(Br)CNC(=O)c1cccc(Cl)c1C. The molecule has 0 aliphatic rings. The lowest BCUT2D eigenvalue weighted by Gasteiger charge is -2.11. The van der Waals surface area contributed by atoms with E-state index in [4.69, 9.17) is 11.6 Å². The minimum absolute atomic E-state index is 0.0714. The van der Waals surface area contributed by atoms with Gasteiger partial charge in [-0.25, -0.2) is 0 Å². The molecule has 0 saturated carbocycles. The van der Waals surface area contributed by atoms with Crippen LogP contribution in [0.5, 0.6) is 0 Å². The van der Waals surface area contributed by atoms with Gasteiger partial charge in [-0.05, 0) is 31.0 Å². The maximum absolute atomic E-state index is 11.8. The van der Waals surface area contributed by atoms with E-state index in [9.17, 15) is 4.79 Å². The molecule has 0 aromatic heterocycles. The first-order chi connectivity index (χ1) is 7.56. The predicted molar refractivity (Wildman–Crippen MR) is 71.5 cm³/mol. The van der Waals surface area contributed by atoms with Crippen LogP contribution in [0, 0.1) is 6.92 Å².